The molecule has 2 aromatic heterocycles. The standard InChI is InChI=1S/C18H25N3O2S/c1-13-15(14(2)23-20-13)7-8-18(22)19-12-16(17-6-5-11-24-17)21-9-3-4-10-21/h5-6,11,16H,3-4,7-10,12H2,1-2H3,(H,19,22). The maximum Gasteiger partial charge on any atom is 0.220 e. The van der Waals surface area contributed by atoms with E-state index in [1.165, 1.54) is 17.7 Å². The summed E-state index contributed by atoms with van der Waals surface area (Å²) in [6.07, 6.45) is 3.66. The van der Waals surface area contributed by atoms with Gasteiger partial charge in [-0.25, -0.2) is 0 Å². The molecule has 1 unspecified atom stereocenters. The molecule has 1 fully saturated rings. The first kappa shape index (κ1) is 17.2. The number of nitrogens with zero attached hydrogens (tertiary/aromatic N) is 2. The van der Waals surface area contributed by atoms with Gasteiger partial charge in [0.1, 0.15) is 5.76 Å². The number of rotatable bonds is 7. The van der Waals surface area contributed by atoms with Crippen molar-refractivity contribution in [3.63, 3.8) is 0 Å². The average Bonchev–Trinajstić information content (AvgIpc) is 3.31. The van der Waals surface area contributed by atoms with E-state index in [0.29, 0.717) is 25.4 Å². The third-order valence-corrected chi connectivity index (χ3v) is 5.70. The smallest absolute Gasteiger partial charge is 0.220 e. The van der Waals surface area contributed by atoms with Gasteiger partial charge in [-0.15, -0.1) is 11.3 Å². The molecule has 1 aliphatic heterocycles. The van der Waals surface area contributed by atoms with Gasteiger partial charge in [0.2, 0.25) is 5.91 Å². The lowest BCUT2D eigenvalue weighted by atomic mass is 10.1. The molecule has 1 aliphatic rings. The zero-order valence-corrected chi connectivity index (χ0v) is 15.2. The number of carbonyl (C=O) groups is 1. The first-order valence-corrected chi connectivity index (χ1v) is 9.49. The van der Waals surface area contributed by atoms with Crippen molar-refractivity contribution in [1.82, 2.24) is 15.4 Å². The number of aromatic nitrogens is 1. The Morgan fingerprint density at radius 1 is 1.42 bits per heavy atom. The van der Waals surface area contributed by atoms with Crippen molar-refractivity contribution in [3.8, 4) is 0 Å². The zero-order valence-electron chi connectivity index (χ0n) is 14.4. The molecule has 1 amide bonds. The second kappa shape index (κ2) is 7.94. The minimum atomic E-state index is 0.0933. The van der Waals surface area contributed by atoms with E-state index in [9.17, 15) is 4.79 Å². The summed E-state index contributed by atoms with van der Waals surface area (Å²) >= 11 is 1.77. The van der Waals surface area contributed by atoms with Crippen molar-refractivity contribution in [2.75, 3.05) is 19.6 Å². The topological polar surface area (TPSA) is 58.4 Å². The van der Waals surface area contributed by atoms with Crippen LogP contribution < -0.4 is 5.32 Å². The number of nitrogens with one attached hydrogen (secondary N) is 1. The van der Waals surface area contributed by atoms with Crippen LogP contribution in [0.1, 0.15) is 47.2 Å². The molecule has 1 N–H and O–H groups in total. The second-order valence-corrected chi connectivity index (χ2v) is 7.36. The van der Waals surface area contributed by atoms with E-state index < -0.39 is 0 Å². The Labute approximate surface area is 147 Å². The molecule has 0 saturated carbocycles. The predicted molar refractivity (Wildman–Crippen MR) is 95.2 cm³/mol. The Hall–Kier alpha value is -1.66. The highest BCUT2D eigenvalue weighted by Crippen LogP contribution is 2.27. The van der Waals surface area contributed by atoms with E-state index in [2.05, 4.69) is 32.9 Å². The van der Waals surface area contributed by atoms with Crippen molar-refractivity contribution < 1.29 is 9.32 Å². The van der Waals surface area contributed by atoms with E-state index in [1.54, 1.807) is 11.3 Å². The van der Waals surface area contributed by atoms with Crippen LogP contribution in [0.5, 0.6) is 0 Å². The van der Waals surface area contributed by atoms with Gasteiger partial charge in [-0.1, -0.05) is 11.2 Å². The molecule has 0 spiro atoms. The van der Waals surface area contributed by atoms with Crippen LogP contribution in [0.2, 0.25) is 0 Å². The predicted octanol–water partition coefficient (Wildman–Crippen LogP) is 3.24. The number of hydrogen-bond acceptors (Lipinski definition) is 5. The van der Waals surface area contributed by atoms with Crippen LogP contribution in [0.4, 0.5) is 0 Å². The Bertz CT molecular complexity index is 640. The lowest BCUT2D eigenvalue weighted by molar-refractivity contribution is -0.121. The van der Waals surface area contributed by atoms with Crippen LogP contribution in [-0.2, 0) is 11.2 Å². The van der Waals surface area contributed by atoms with Gasteiger partial charge in [-0.05, 0) is 57.6 Å². The SMILES string of the molecule is Cc1noc(C)c1CCC(=O)NCC(c1cccs1)N1CCCC1. The third kappa shape index (κ3) is 4.05. The number of thiophene rings is 1. The lowest BCUT2D eigenvalue weighted by Crippen LogP contribution is -2.36. The molecule has 1 saturated heterocycles. The van der Waals surface area contributed by atoms with Gasteiger partial charge in [-0.3, -0.25) is 9.69 Å². The van der Waals surface area contributed by atoms with Gasteiger partial charge in [0.15, 0.2) is 0 Å². The van der Waals surface area contributed by atoms with Gasteiger partial charge >= 0.3 is 0 Å². The zero-order chi connectivity index (χ0) is 16.9. The molecule has 130 valence electrons. The van der Waals surface area contributed by atoms with E-state index in [4.69, 9.17) is 4.52 Å². The van der Waals surface area contributed by atoms with Crippen LogP contribution in [0.25, 0.3) is 0 Å². The highest BCUT2D eigenvalue weighted by molar-refractivity contribution is 7.10. The molecular weight excluding hydrogens is 322 g/mol. The van der Waals surface area contributed by atoms with E-state index in [-0.39, 0.29) is 5.91 Å². The van der Waals surface area contributed by atoms with E-state index in [0.717, 1.165) is 30.1 Å². The molecule has 3 rings (SSSR count). The molecule has 6 heteroatoms. The molecule has 5 nitrogen and oxygen atoms in total. The summed E-state index contributed by atoms with van der Waals surface area (Å²) in [5.74, 6) is 0.907. The van der Waals surface area contributed by atoms with Gasteiger partial charge in [0, 0.05) is 23.4 Å². The van der Waals surface area contributed by atoms with E-state index >= 15 is 0 Å². The first-order valence-electron chi connectivity index (χ1n) is 8.61. The van der Waals surface area contributed by atoms with Crippen molar-refractivity contribution in [2.45, 2.75) is 45.6 Å². The fourth-order valence-corrected chi connectivity index (χ4v) is 4.20. The number of likely N-dealkylation sites (tertiary alicyclic amines) is 1. The fraction of sp³-hybridized carbons (Fsp3) is 0.556. The molecule has 0 aliphatic carbocycles. The summed E-state index contributed by atoms with van der Waals surface area (Å²) in [4.78, 5) is 16.1. The molecular formula is C18H25N3O2S. The van der Waals surface area contributed by atoms with Crippen LogP contribution in [0.3, 0.4) is 0 Å². The Kier molecular flexibility index (Phi) is 5.68. The summed E-state index contributed by atoms with van der Waals surface area (Å²) in [6, 6.07) is 4.56. The molecule has 2 aromatic rings. The summed E-state index contributed by atoms with van der Waals surface area (Å²) in [5, 5.41) is 9.18. The maximum absolute atomic E-state index is 12.3. The van der Waals surface area contributed by atoms with Crippen LogP contribution in [0, 0.1) is 13.8 Å². The highest BCUT2D eigenvalue weighted by atomic mass is 32.1. The molecule has 1 atom stereocenters. The Morgan fingerprint density at radius 2 is 2.21 bits per heavy atom. The number of aryl methyl sites for hydroxylation is 2. The average molecular weight is 347 g/mol. The molecule has 24 heavy (non-hydrogen) atoms. The minimum absolute atomic E-state index is 0.0933. The molecule has 3 heterocycles. The lowest BCUT2D eigenvalue weighted by Gasteiger charge is -2.26. The minimum Gasteiger partial charge on any atom is -0.361 e. The van der Waals surface area contributed by atoms with Crippen LogP contribution in [-0.4, -0.2) is 35.6 Å². The quantitative estimate of drug-likeness (QED) is 0.835. The van der Waals surface area contributed by atoms with Gasteiger partial charge < -0.3 is 9.84 Å². The highest BCUT2D eigenvalue weighted by Gasteiger charge is 2.24. The van der Waals surface area contributed by atoms with Crippen LogP contribution >= 0.6 is 11.3 Å². The molecule has 0 bridgehead atoms. The number of hydrogen-bond donors (Lipinski definition) is 1. The molecule has 0 radical (unpaired) electrons. The van der Waals surface area contributed by atoms with Gasteiger partial charge in [-0.2, -0.15) is 0 Å². The number of amides is 1. The Balaban J connectivity index is 1.53. The van der Waals surface area contributed by atoms with Crippen LogP contribution in [0.15, 0.2) is 22.0 Å². The van der Waals surface area contributed by atoms with Crippen molar-refractivity contribution in [1.29, 1.82) is 0 Å². The summed E-state index contributed by atoms with van der Waals surface area (Å²) in [5.41, 5.74) is 1.94. The normalized spacial score (nSPS) is 16.4. The summed E-state index contributed by atoms with van der Waals surface area (Å²) in [6.45, 7) is 6.74. The number of carbonyl (C=O) groups excluding carboxylic acids is 1. The summed E-state index contributed by atoms with van der Waals surface area (Å²) in [7, 11) is 0. The monoisotopic (exact) mass is 347 g/mol. The van der Waals surface area contributed by atoms with Crippen molar-refractivity contribution in [2.24, 2.45) is 0 Å². The fourth-order valence-electron chi connectivity index (χ4n) is 3.34. The third-order valence-electron chi connectivity index (χ3n) is 4.73. The van der Waals surface area contributed by atoms with Gasteiger partial charge in [0.25, 0.3) is 0 Å². The second-order valence-electron chi connectivity index (χ2n) is 6.38. The van der Waals surface area contributed by atoms with E-state index in [1.807, 2.05) is 13.8 Å². The summed E-state index contributed by atoms with van der Waals surface area (Å²) < 4.78 is 5.16. The first-order chi connectivity index (χ1) is 11.6. The maximum atomic E-state index is 12.3. The van der Waals surface area contributed by atoms with Crippen molar-refractivity contribution >= 4 is 17.2 Å². The molecule has 0 aromatic carbocycles. The Morgan fingerprint density at radius 3 is 2.83 bits per heavy atom. The largest absolute Gasteiger partial charge is 0.361 e. The van der Waals surface area contributed by atoms with Crippen molar-refractivity contribution in [3.05, 3.63) is 39.4 Å². The van der Waals surface area contributed by atoms with Gasteiger partial charge in [0.05, 0.1) is 11.7 Å².